The van der Waals surface area contributed by atoms with E-state index < -0.39 is 5.97 Å². The van der Waals surface area contributed by atoms with Crippen LogP contribution in [-0.2, 0) is 12.8 Å². The zero-order valence-corrected chi connectivity index (χ0v) is 22.3. The average Bonchev–Trinajstić information content (AvgIpc) is 2.94. The number of rotatable bonds is 15. The quantitative estimate of drug-likeness (QED) is 0.120. The summed E-state index contributed by atoms with van der Waals surface area (Å²) in [6, 6.07) is 14.7. The van der Waals surface area contributed by atoms with Crippen molar-refractivity contribution in [1.29, 1.82) is 5.26 Å². The van der Waals surface area contributed by atoms with Crippen LogP contribution in [0.1, 0.15) is 105 Å². The molecular weight excluding hydrogens is 458 g/mol. The maximum atomic E-state index is 12.7. The molecule has 5 heteroatoms. The van der Waals surface area contributed by atoms with Gasteiger partial charge in [-0.2, -0.15) is 5.26 Å². The number of hydrogen-bond donors (Lipinski definition) is 0. The Morgan fingerprint density at radius 2 is 1.38 bits per heavy atom. The Kier molecular flexibility index (Phi) is 11.8. The molecule has 0 radical (unpaired) electrons. The van der Waals surface area contributed by atoms with E-state index >= 15 is 0 Å². The molecule has 194 valence electrons. The zero-order chi connectivity index (χ0) is 26.3. The Hall–Kier alpha value is -3.52. The third-order valence-corrected chi connectivity index (χ3v) is 6.59. The molecule has 1 aromatic heterocycles. The summed E-state index contributed by atoms with van der Waals surface area (Å²) in [4.78, 5) is 21.8. The van der Waals surface area contributed by atoms with Crippen LogP contribution in [0.25, 0.3) is 11.4 Å². The Bertz CT molecular complexity index is 1150. The minimum atomic E-state index is -0.493. The van der Waals surface area contributed by atoms with Crippen molar-refractivity contribution in [3.63, 3.8) is 0 Å². The van der Waals surface area contributed by atoms with Gasteiger partial charge in [0, 0.05) is 18.0 Å². The third kappa shape index (κ3) is 9.13. The van der Waals surface area contributed by atoms with Gasteiger partial charge in [-0.1, -0.05) is 83.4 Å². The van der Waals surface area contributed by atoms with Gasteiger partial charge in [-0.25, -0.2) is 14.8 Å². The maximum absolute atomic E-state index is 12.7. The number of nitrogens with zero attached hydrogens (tertiary/aromatic N) is 3. The van der Waals surface area contributed by atoms with Crippen molar-refractivity contribution >= 4 is 5.97 Å². The van der Waals surface area contributed by atoms with Crippen molar-refractivity contribution in [2.45, 2.75) is 90.9 Å². The Morgan fingerprint density at radius 1 is 0.784 bits per heavy atom. The van der Waals surface area contributed by atoms with Crippen LogP contribution in [0.4, 0.5) is 0 Å². The van der Waals surface area contributed by atoms with Gasteiger partial charge in [0.15, 0.2) is 5.82 Å². The Morgan fingerprint density at radius 3 is 2.05 bits per heavy atom. The number of ether oxygens (including phenoxy) is 1. The third-order valence-electron chi connectivity index (χ3n) is 6.59. The Balaban J connectivity index is 1.53. The van der Waals surface area contributed by atoms with E-state index in [1.54, 1.807) is 18.2 Å². The van der Waals surface area contributed by atoms with Gasteiger partial charge >= 0.3 is 5.97 Å². The van der Waals surface area contributed by atoms with E-state index in [0.717, 1.165) is 48.8 Å². The number of benzene rings is 2. The summed E-state index contributed by atoms with van der Waals surface area (Å²) in [5.41, 5.74) is 3.87. The van der Waals surface area contributed by atoms with Crippen molar-refractivity contribution < 1.29 is 9.53 Å². The zero-order valence-electron chi connectivity index (χ0n) is 22.3. The number of aromatic nitrogens is 2. The molecule has 3 rings (SSSR count). The molecule has 1 heterocycles. The standard InChI is InChI=1S/C32H39N3O2/c1-3-5-7-8-9-10-12-14-26-23-34-31(35-24-26)27-16-18-28(19-17-27)32(36)37-30-20-15-25(13-11-6-4-2)21-29(30)22-33/h15-21,23-24H,3-14H2,1-2H3. The summed E-state index contributed by atoms with van der Waals surface area (Å²) in [6.07, 6.45) is 18.1. The molecule has 0 saturated heterocycles. The number of carbonyl (C=O) groups excluding carboxylic acids is 1. The number of esters is 1. The number of aryl methyl sites for hydroxylation is 2. The molecule has 0 bridgehead atoms. The normalized spacial score (nSPS) is 10.7. The lowest BCUT2D eigenvalue weighted by atomic mass is 10.0. The monoisotopic (exact) mass is 497 g/mol. The molecule has 5 nitrogen and oxygen atoms in total. The molecule has 0 fully saturated rings. The van der Waals surface area contributed by atoms with E-state index in [0.29, 0.717) is 17.0 Å². The van der Waals surface area contributed by atoms with Crippen molar-refractivity contribution in [2.24, 2.45) is 0 Å². The molecule has 3 aromatic rings. The van der Waals surface area contributed by atoms with Crippen LogP contribution in [0.3, 0.4) is 0 Å². The highest BCUT2D eigenvalue weighted by Gasteiger charge is 2.13. The molecule has 0 atom stereocenters. The van der Waals surface area contributed by atoms with Crippen LogP contribution >= 0.6 is 0 Å². The van der Waals surface area contributed by atoms with Gasteiger partial charge in [-0.05, 0) is 61.1 Å². The van der Waals surface area contributed by atoms with Crippen molar-refractivity contribution in [3.8, 4) is 23.2 Å². The van der Waals surface area contributed by atoms with Crippen LogP contribution < -0.4 is 4.74 Å². The number of hydrogen-bond acceptors (Lipinski definition) is 5. The fraction of sp³-hybridized carbons (Fsp3) is 0.438. The van der Waals surface area contributed by atoms with Crippen LogP contribution in [-0.4, -0.2) is 15.9 Å². The van der Waals surface area contributed by atoms with Gasteiger partial charge < -0.3 is 4.74 Å². The van der Waals surface area contributed by atoms with E-state index in [-0.39, 0.29) is 5.75 Å². The predicted octanol–water partition coefficient (Wildman–Crippen LogP) is 8.26. The SMILES string of the molecule is CCCCCCCCCc1cnc(-c2ccc(C(=O)Oc3ccc(CCCCC)cc3C#N)cc2)nc1. The molecule has 0 saturated carbocycles. The Labute approximate surface area is 221 Å². The van der Waals surface area contributed by atoms with E-state index in [1.165, 1.54) is 44.9 Å². The largest absolute Gasteiger partial charge is 0.422 e. The molecule has 2 aromatic carbocycles. The van der Waals surface area contributed by atoms with Crippen molar-refractivity contribution in [1.82, 2.24) is 9.97 Å². The summed E-state index contributed by atoms with van der Waals surface area (Å²) in [5.74, 6) is 0.428. The molecule has 0 spiro atoms. The molecule has 0 unspecified atom stereocenters. The average molecular weight is 498 g/mol. The minimum Gasteiger partial charge on any atom is -0.422 e. The molecule has 0 amide bonds. The van der Waals surface area contributed by atoms with Crippen LogP contribution in [0.5, 0.6) is 5.75 Å². The molecule has 0 aliphatic rings. The lowest BCUT2D eigenvalue weighted by Gasteiger charge is -2.09. The lowest BCUT2D eigenvalue weighted by Crippen LogP contribution is -2.09. The van der Waals surface area contributed by atoms with Crippen molar-refractivity contribution in [3.05, 3.63) is 77.1 Å². The molecule has 37 heavy (non-hydrogen) atoms. The highest BCUT2D eigenvalue weighted by Crippen LogP contribution is 2.23. The van der Waals surface area contributed by atoms with Gasteiger partial charge in [-0.3, -0.25) is 0 Å². The first kappa shape index (κ1) is 28.1. The van der Waals surface area contributed by atoms with E-state index in [1.807, 2.05) is 36.7 Å². The molecule has 0 N–H and O–H groups in total. The van der Waals surface area contributed by atoms with Crippen molar-refractivity contribution in [2.75, 3.05) is 0 Å². The second-order valence-corrected chi connectivity index (χ2v) is 9.65. The number of unbranched alkanes of at least 4 members (excludes halogenated alkanes) is 8. The van der Waals surface area contributed by atoms with E-state index in [9.17, 15) is 10.1 Å². The summed E-state index contributed by atoms with van der Waals surface area (Å²) < 4.78 is 5.55. The van der Waals surface area contributed by atoms with Crippen LogP contribution in [0.15, 0.2) is 54.9 Å². The highest BCUT2D eigenvalue weighted by atomic mass is 16.5. The topological polar surface area (TPSA) is 75.9 Å². The maximum Gasteiger partial charge on any atom is 0.343 e. The molecule has 0 aliphatic carbocycles. The van der Waals surface area contributed by atoms with E-state index in [4.69, 9.17) is 4.74 Å². The van der Waals surface area contributed by atoms with Gasteiger partial charge in [0.2, 0.25) is 0 Å². The first-order chi connectivity index (χ1) is 18.1. The van der Waals surface area contributed by atoms with Gasteiger partial charge in [-0.15, -0.1) is 0 Å². The van der Waals surface area contributed by atoms with Gasteiger partial charge in [0.1, 0.15) is 11.8 Å². The second kappa shape index (κ2) is 15.6. The van der Waals surface area contributed by atoms with Gasteiger partial charge in [0.25, 0.3) is 0 Å². The lowest BCUT2D eigenvalue weighted by molar-refractivity contribution is 0.0734. The van der Waals surface area contributed by atoms with Crippen LogP contribution in [0.2, 0.25) is 0 Å². The summed E-state index contributed by atoms with van der Waals surface area (Å²) >= 11 is 0. The second-order valence-electron chi connectivity index (χ2n) is 9.65. The molecule has 0 aliphatic heterocycles. The van der Waals surface area contributed by atoms with Gasteiger partial charge in [0.05, 0.1) is 11.1 Å². The number of nitriles is 1. The molecular formula is C32H39N3O2. The predicted molar refractivity (Wildman–Crippen MR) is 149 cm³/mol. The summed E-state index contributed by atoms with van der Waals surface area (Å²) in [7, 11) is 0. The number of carbonyl (C=O) groups is 1. The summed E-state index contributed by atoms with van der Waals surface area (Å²) in [5, 5.41) is 9.52. The smallest absolute Gasteiger partial charge is 0.343 e. The van der Waals surface area contributed by atoms with E-state index in [2.05, 4.69) is 29.9 Å². The fourth-order valence-electron chi connectivity index (χ4n) is 4.32. The van der Waals surface area contributed by atoms with Crippen LogP contribution in [0, 0.1) is 11.3 Å². The minimum absolute atomic E-state index is 0.288. The fourth-order valence-corrected chi connectivity index (χ4v) is 4.32. The first-order valence-electron chi connectivity index (χ1n) is 13.8. The highest BCUT2D eigenvalue weighted by molar-refractivity contribution is 5.91. The first-order valence-corrected chi connectivity index (χ1v) is 13.8. The summed E-state index contributed by atoms with van der Waals surface area (Å²) in [6.45, 7) is 4.41.